The Morgan fingerprint density at radius 3 is 2.45 bits per heavy atom. The third kappa shape index (κ3) is 3.56. The molecule has 1 fully saturated rings. The minimum atomic E-state index is -2.92. The summed E-state index contributed by atoms with van der Waals surface area (Å²) >= 11 is 0. The molecule has 1 aliphatic heterocycles. The molecule has 0 saturated carbocycles. The second-order valence-corrected chi connectivity index (χ2v) is 6.98. The number of nitrogens with one attached hydrogen (secondary N) is 2. The molecule has 110 valence electrons. The SMILES string of the molecule is CNc1cc([N+](=O)[O-])cc(NC2CCS(=O)(=O)CC2)n1. The first-order chi connectivity index (χ1) is 9.39. The maximum absolute atomic E-state index is 11.3. The molecular weight excluding hydrogens is 284 g/mol. The average molecular weight is 300 g/mol. The number of rotatable bonds is 4. The van der Waals surface area contributed by atoms with E-state index < -0.39 is 14.8 Å². The molecule has 2 N–H and O–H groups in total. The molecule has 0 spiro atoms. The van der Waals surface area contributed by atoms with Crippen LogP contribution in [0.4, 0.5) is 17.3 Å². The predicted octanol–water partition coefficient (Wildman–Crippen LogP) is 1.02. The third-order valence-corrected chi connectivity index (χ3v) is 4.90. The Bertz CT molecular complexity index is 603. The second kappa shape index (κ2) is 5.61. The van der Waals surface area contributed by atoms with Crippen LogP contribution in [0, 0.1) is 10.1 Å². The summed E-state index contributed by atoms with van der Waals surface area (Å²) in [5.74, 6) is 1.05. The topological polar surface area (TPSA) is 114 Å². The number of nitro groups is 1. The lowest BCUT2D eigenvalue weighted by molar-refractivity contribution is -0.384. The molecule has 1 aromatic heterocycles. The summed E-state index contributed by atoms with van der Waals surface area (Å²) in [7, 11) is -1.30. The minimum absolute atomic E-state index is 0.0299. The van der Waals surface area contributed by atoms with Gasteiger partial charge in [0.15, 0.2) is 0 Å². The molecule has 0 amide bonds. The molecule has 0 bridgehead atoms. The van der Waals surface area contributed by atoms with E-state index in [1.807, 2.05) is 0 Å². The van der Waals surface area contributed by atoms with E-state index in [1.54, 1.807) is 7.05 Å². The maximum atomic E-state index is 11.3. The molecule has 1 aromatic rings. The van der Waals surface area contributed by atoms with E-state index in [-0.39, 0.29) is 23.2 Å². The molecule has 2 rings (SSSR count). The van der Waals surface area contributed by atoms with Crippen LogP contribution < -0.4 is 10.6 Å². The van der Waals surface area contributed by atoms with Crippen molar-refractivity contribution in [2.45, 2.75) is 18.9 Å². The van der Waals surface area contributed by atoms with Crippen LogP contribution in [0.25, 0.3) is 0 Å². The summed E-state index contributed by atoms with van der Waals surface area (Å²) in [5.41, 5.74) is -0.0599. The largest absolute Gasteiger partial charge is 0.373 e. The van der Waals surface area contributed by atoms with Crippen molar-refractivity contribution in [1.82, 2.24) is 4.98 Å². The van der Waals surface area contributed by atoms with Gasteiger partial charge in [-0.15, -0.1) is 0 Å². The molecule has 1 saturated heterocycles. The van der Waals surface area contributed by atoms with Gasteiger partial charge in [-0.1, -0.05) is 0 Å². The number of hydrogen-bond acceptors (Lipinski definition) is 7. The summed E-state index contributed by atoms with van der Waals surface area (Å²) in [6.07, 6.45) is 0.975. The first-order valence-corrected chi connectivity index (χ1v) is 8.03. The number of anilines is 2. The molecule has 0 atom stereocenters. The van der Waals surface area contributed by atoms with Crippen molar-refractivity contribution < 1.29 is 13.3 Å². The van der Waals surface area contributed by atoms with Crippen molar-refractivity contribution in [3.63, 3.8) is 0 Å². The molecule has 1 aliphatic rings. The quantitative estimate of drug-likeness (QED) is 0.630. The molecule has 0 aliphatic carbocycles. The summed E-state index contributed by atoms with van der Waals surface area (Å²) in [6, 6.07) is 2.67. The van der Waals surface area contributed by atoms with Crippen molar-refractivity contribution in [2.75, 3.05) is 29.2 Å². The molecule has 2 heterocycles. The molecule has 0 unspecified atom stereocenters. The van der Waals surface area contributed by atoms with Crippen LogP contribution in [0.3, 0.4) is 0 Å². The van der Waals surface area contributed by atoms with Gasteiger partial charge in [0.1, 0.15) is 21.5 Å². The highest BCUT2D eigenvalue weighted by Crippen LogP contribution is 2.23. The lowest BCUT2D eigenvalue weighted by Crippen LogP contribution is -2.32. The highest BCUT2D eigenvalue weighted by atomic mass is 32.2. The predicted molar refractivity (Wildman–Crippen MR) is 75.7 cm³/mol. The van der Waals surface area contributed by atoms with E-state index in [2.05, 4.69) is 15.6 Å². The molecular formula is C11H16N4O4S. The zero-order valence-electron chi connectivity index (χ0n) is 11.0. The Hall–Kier alpha value is -1.90. The highest BCUT2D eigenvalue weighted by Gasteiger charge is 2.24. The molecule has 0 radical (unpaired) electrons. The van der Waals surface area contributed by atoms with E-state index in [0.29, 0.717) is 24.5 Å². The zero-order valence-corrected chi connectivity index (χ0v) is 11.8. The molecule has 8 nitrogen and oxygen atoms in total. The number of hydrogen-bond donors (Lipinski definition) is 2. The van der Waals surface area contributed by atoms with E-state index in [0.717, 1.165) is 0 Å². The number of aromatic nitrogens is 1. The van der Waals surface area contributed by atoms with Crippen LogP contribution in [0.2, 0.25) is 0 Å². The van der Waals surface area contributed by atoms with E-state index in [1.165, 1.54) is 12.1 Å². The summed E-state index contributed by atoms with van der Waals surface area (Å²) in [6.45, 7) is 0. The Morgan fingerprint density at radius 1 is 1.30 bits per heavy atom. The van der Waals surface area contributed by atoms with E-state index >= 15 is 0 Å². The molecule has 20 heavy (non-hydrogen) atoms. The van der Waals surface area contributed by atoms with Gasteiger partial charge in [0.25, 0.3) is 5.69 Å². The lowest BCUT2D eigenvalue weighted by atomic mass is 10.1. The van der Waals surface area contributed by atoms with Crippen LogP contribution >= 0.6 is 0 Å². The molecule has 9 heteroatoms. The van der Waals surface area contributed by atoms with Crippen LogP contribution in [-0.4, -0.2) is 42.9 Å². The average Bonchev–Trinajstić information content (AvgIpc) is 2.41. The summed E-state index contributed by atoms with van der Waals surface area (Å²) in [5, 5.41) is 16.7. The number of nitrogens with zero attached hydrogens (tertiary/aromatic N) is 2. The van der Waals surface area contributed by atoms with Crippen LogP contribution in [0.5, 0.6) is 0 Å². The van der Waals surface area contributed by atoms with Crippen LogP contribution in [-0.2, 0) is 9.84 Å². The fourth-order valence-corrected chi connectivity index (χ4v) is 3.56. The van der Waals surface area contributed by atoms with Gasteiger partial charge in [-0.3, -0.25) is 10.1 Å². The zero-order chi connectivity index (χ0) is 14.8. The van der Waals surface area contributed by atoms with Crippen molar-refractivity contribution >= 4 is 27.2 Å². The van der Waals surface area contributed by atoms with Gasteiger partial charge >= 0.3 is 0 Å². The Morgan fingerprint density at radius 2 is 1.90 bits per heavy atom. The van der Waals surface area contributed by atoms with Gasteiger partial charge in [-0.25, -0.2) is 13.4 Å². The van der Waals surface area contributed by atoms with Gasteiger partial charge < -0.3 is 10.6 Å². The third-order valence-electron chi connectivity index (χ3n) is 3.18. The van der Waals surface area contributed by atoms with Crippen LogP contribution in [0.15, 0.2) is 12.1 Å². The number of sulfone groups is 1. The summed E-state index contributed by atoms with van der Waals surface area (Å²) < 4.78 is 22.7. The minimum Gasteiger partial charge on any atom is -0.373 e. The highest BCUT2D eigenvalue weighted by molar-refractivity contribution is 7.91. The van der Waals surface area contributed by atoms with E-state index in [4.69, 9.17) is 0 Å². The fraction of sp³-hybridized carbons (Fsp3) is 0.545. The Labute approximate surface area is 116 Å². The van der Waals surface area contributed by atoms with Gasteiger partial charge in [0.2, 0.25) is 0 Å². The van der Waals surface area contributed by atoms with Crippen molar-refractivity contribution in [1.29, 1.82) is 0 Å². The van der Waals surface area contributed by atoms with Gasteiger partial charge in [0.05, 0.1) is 28.6 Å². The second-order valence-electron chi connectivity index (χ2n) is 4.67. The van der Waals surface area contributed by atoms with Gasteiger partial charge in [-0.05, 0) is 12.8 Å². The van der Waals surface area contributed by atoms with Gasteiger partial charge in [-0.2, -0.15) is 0 Å². The van der Waals surface area contributed by atoms with Crippen molar-refractivity contribution in [3.05, 3.63) is 22.2 Å². The lowest BCUT2D eigenvalue weighted by Gasteiger charge is -2.23. The smallest absolute Gasteiger partial charge is 0.276 e. The summed E-state index contributed by atoms with van der Waals surface area (Å²) in [4.78, 5) is 14.5. The monoisotopic (exact) mass is 300 g/mol. The van der Waals surface area contributed by atoms with E-state index in [9.17, 15) is 18.5 Å². The van der Waals surface area contributed by atoms with Gasteiger partial charge in [0, 0.05) is 13.1 Å². The first kappa shape index (κ1) is 14.5. The van der Waals surface area contributed by atoms with Crippen molar-refractivity contribution in [3.8, 4) is 0 Å². The maximum Gasteiger partial charge on any atom is 0.276 e. The van der Waals surface area contributed by atoms with Crippen LogP contribution in [0.1, 0.15) is 12.8 Å². The Balaban J connectivity index is 2.13. The standard InChI is InChI=1S/C11H16N4O4S/c1-12-10-6-9(15(16)17)7-11(14-10)13-8-2-4-20(18,19)5-3-8/h6-8H,2-5H2,1H3,(H2,12,13,14). The normalized spacial score (nSPS) is 18.4. The first-order valence-electron chi connectivity index (χ1n) is 6.21. The Kier molecular flexibility index (Phi) is 4.07. The number of pyridine rings is 1. The van der Waals surface area contributed by atoms with Crippen molar-refractivity contribution in [2.24, 2.45) is 0 Å². The molecule has 0 aromatic carbocycles. The fourth-order valence-electron chi connectivity index (χ4n) is 2.07.